The van der Waals surface area contributed by atoms with E-state index in [4.69, 9.17) is 0 Å². The van der Waals surface area contributed by atoms with Gasteiger partial charge in [0.2, 0.25) is 11.8 Å². The Morgan fingerprint density at radius 1 is 1.73 bits per heavy atom. The SMILES string of the molecule is CCNC(=O)C1CSC2(C)CCC(=O)N12. The Bertz CT molecular complexity index is 308. The van der Waals surface area contributed by atoms with Crippen LogP contribution in [0.5, 0.6) is 0 Å². The molecule has 0 saturated carbocycles. The standard InChI is InChI=1S/C10H16N2O2S/c1-3-11-9(14)7-6-15-10(2)5-4-8(13)12(7)10/h7H,3-6H2,1-2H3,(H,11,14). The lowest BCUT2D eigenvalue weighted by Crippen LogP contribution is -2.50. The number of thioether (sulfide) groups is 1. The van der Waals surface area contributed by atoms with Gasteiger partial charge in [0.05, 0.1) is 4.87 Å². The fourth-order valence-electron chi connectivity index (χ4n) is 2.31. The third-order valence-corrected chi connectivity index (χ3v) is 4.60. The van der Waals surface area contributed by atoms with Gasteiger partial charge in [-0.05, 0) is 20.3 Å². The normalized spacial score (nSPS) is 34.4. The van der Waals surface area contributed by atoms with Gasteiger partial charge in [-0.3, -0.25) is 9.59 Å². The van der Waals surface area contributed by atoms with Gasteiger partial charge in [0.25, 0.3) is 0 Å². The maximum Gasteiger partial charge on any atom is 0.243 e. The minimum atomic E-state index is -0.255. The molecule has 0 spiro atoms. The van der Waals surface area contributed by atoms with Crippen LogP contribution in [0, 0.1) is 0 Å². The summed E-state index contributed by atoms with van der Waals surface area (Å²) in [6, 6.07) is -0.255. The Balaban J connectivity index is 2.16. The first-order valence-electron chi connectivity index (χ1n) is 5.32. The number of hydrogen-bond donors (Lipinski definition) is 1. The van der Waals surface area contributed by atoms with Crippen molar-refractivity contribution in [2.24, 2.45) is 0 Å². The summed E-state index contributed by atoms with van der Waals surface area (Å²) >= 11 is 1.73. The predicted octanol–water partition coefficient (Wildman–Crippen LogP) is 0.576. The Kier molecular flexibility index (Phi) is 2.66. The van der Waals surface area contributed by atoms with Crippen molar-refractivity contribution >= 4 is 23.6 Å². The van der Waals surface area contributed by atoms with E-state index in [0.29, 0.717) is 13.0 Å². The highest BCUT2D eigenvalue weighted by Crippen LogP contribution is 2.47. The van der Waals surface area contributed by atoms with Crippen LogP contribution < -0.4 is 5.32 Å². The largest absolute Gasteiger partial charge is 0.355 e. The Morgan fingerprint density at radius 3 is 3.13 bits per heavy atom. The van der Waals surface area contributed by atoms with Crippen molar-refractivity contribution in [1.29, 1.82) is 0 Å². The first-order valence-corrected chi connectivity index (χ1v) is 6.31. The van der Waals surface area contributed by atoms with E-state index in [2.05, 4.69) is 12.2 Å². The molecular formula is C10H16N2O2S. The average Bonchev–Trinajstić information content (AvgIpc) is 2.66. The summed E-state index contributed by atoms with van der Waals surface area (Å²) in [5.41, 5.74) is 0. The van der Waals surface area contributed by atoms with Crippen LogP contribution in [0.4, 0.5) is 0 Å². The highest BCUT2D eigenvalue weighted by molar-refractivity contribution is 8.01. The number of fused-ring (bicyclic) bond motifs is 1. The topological polar surface area (TPSA) is 49.4 Å². The highest BCUT2D eigenvalue weighted by atomic mass is 32.2. The molecule has 0 radical (unpaired) electrons. The molecule has 2 fully saturated rings. The smallest absolute Gasteiger partial charge is 0.243 e. The fraction of sp³-hybridized carbons (Fsp3) is 0.800. The molecule has 15 heavy (non-hydrogen) atoms. The van der Waals surface area contributed by atoms with Crippen LogP contribution in [0.2, 0.25) is 0 Å². The van der Waals surface area contributed by atoms with Gasteiger partial charge < -0.3 is 10.2 Å². The van der Waals surface area contributed by atoms with Gasteiger partial charge in [-0.1, -0.05) is 0 Å². The monoisotopic (exact) mass is 228 g/mol. The molecule has 2 aliphatic heterocycles. The molecule has 2 unspecified atom stereocenters. The minimum absolute atomic E-state index is 0.0102. The van der Waals surface area contributed by atoms with E-state index in [1.54, 1.807) is 16.7 Å². The second-order valence-corrected chi connectivity index (χ2v) is 5.66. The molecule has 2 heterocycles. The number of nitrogens with zero attached hydrogens (tertiary/aromatic N) is 1. The second kappa shape index (κ2) is 3.70. The maximum absolute atomic E-state index is 11.8. The zero-order valence-corrected chi connectivity index (χ0v) is 9.89. The fourth-order valence-corrected chi connectivity index (χ4v) is 3.74. The molecular weight excluding hydrogens is 212 g/mol. The summed E-state index contributed by atoms with van der Waals surface area (Å²) in [7, 11) is 0. The first kappa shape index (κ1) is 10.8. The van der Waals surface area contributed by atoms with Crippen molar-refractivity contribution < 1.29 is 9.59 Å². The van der Waals surface area contributed by atoms with Crippen LogP contribution in [-0.4, -0.2) is 39.9 Å². The predicted molar refractivity (Wildman–Crippen MR) is 59.4 cm³/mol. The number of hydrogen-bond acceptors (Lipinski definition) is 3. The van der Waals surface area contributed by atoms with E-state index in [-0.39, 0.29) is 22.7 Å². The van der Waals surface area contributed by atoms with E-state index in [9.17, 15) is 9.59 Å². The van der Waals surface area contributed by atoms with Crippen molar-refractivity contribution in [2.75, 3.05) is 12.3 Å². The molecule has 2 saturated heterocycles. The minimum Gasteiger partial charge on any atom is -0.355 e. The van der Waals surface area contributed by atoms with Gasteiger partial charge in [0.15, 0.2) is 0 Å². The van der Waals surface area contributed by atoms with Crippen LogP contribution >= 0.6 is 11.8 Å². The van der Waals surface area contributed by atoms with Crippen LogP contribution in [0.1, 0.15) is 26.7 Å². The van der Waals surface area contributed by atoms with Gasteiger partial charge >= 0.3 is 0 Å². The Hall–Kier alpha value is -0.710. The number of carbonyl (C=O) groups is 2. The number of likely N-dealkylation sites (N-methyl/N-ethyl adjacent to an activating group) is 1. The second-order valence-electron chi connectivity index (χ2n) is 4.16. The summed E-state index contributed by atoms with van der Waals surface area (Å²) < 4.78 is 0. The molecule has 5 heteroatoms. The number of carbonyl (C=O) groups excluding carboxylic acids is 2. The van der Waals surface area contributed by atoms with E-state index in [1.807, 2.05) is 6.92 Å². The molecule has 0 bridgehead atoms. The lowest BCUT2D eigenvalue weighted by molar-refractivity contribution is -0.137. The van der Waals surface area contributed by atoms with Crippen molar-refractivity contribution in [1.82, 2.24) is 10.2 Å². The van der Waals surface area contributed by atoms with Crippen LogP contribution in [-0.2, 0) is 9.59 Å². The lowest BCUT2D eigenvalue weighted by Gasteiger charge is -2.29. The van der Waals surface area contributed by atoms with Crippen LogP contribution in [0.15, 0.2) is 0 Å². The molecule has 84 valence electrons. The van der Waals surface area contributed by atoms with Gasteiger partial charge in [-0.25, -0.2) is 0 Å². The zero-order valence-electron chi connectivity index (χ0n) is 9.08. The quantitative estimate of drug-likeness (QED) is 0.752. The summed E-state index contributed by atoms with van der Waals surface area (Å²) in [5.74, 6) is 0.844. The van der Waals surface area contributed by atoms with Gasteiger partial charge in [-0.2, -0.15) is 0 Å². The molecule has 0 aliphatic carbocycles. The van der Waals surface area contributed by atoms with E-state index in [0.717, 1.165) is 12.2 Å². The summed E-state index contributed by atoms with van der Waals surface area (Å²) in [5, 5.41) is 2.79. The van der Waals surface area contributed by atoms with Crippen LogP contribution in [0.3, 0.4) is 0 Å². The van der Waals surface area contributed by atoms with E-state index < -0.39 is 0 Å². The lowest BCUT2D eigenvalue weighted by atomic mass is 10.2. The van der Waals surface area contributed by atoms with Crippen molar-refractivity contribution in [3.8, 4) is 0 Å². The number of rotatable bonds is 2. The third-order valence-electron chi connectivity index (χ3n) is 3.10. The molecule has 2 amide bonds. The molecule has 0 aromatic rings. The van der Waals surface area contributed by atoms with Crippen LogP contribution in [0.25, 0.3) is 0 Å². The zero-order chi connectivity index (χ0) is 11.1. The molecule has 1 N–H and O–H groups in total. The summed E-state index contributed by atoms with van der Waals surface area (Å²) in [6.07, 6.45) is 1.45. The molecule has 2 aliphatic rings. The molecule has 0 aromatic heterocycles. The third kappa shape index (κ3) is 1.62. The van der Waals surface area contributed by atoms with E-state index in [1.165, 1.54) is 0 Å². The Labute approximate surface area is 93.8 Å². The van der Waals surface area contributed by atoms with Gasteiger partial charge in [-0.15, -0.1) is 11.8 Å². The van der Waals surface area contributed by atoms with Gasteiger partial charge in [0, 0.05) is 18.7 Å². The van der Waals surface area contributed by atoms with Gasteiger partial charge in [0.1, 0.15) is 6.04 Å². The Morgan fingerprint density at radius 2 is 2.47 bits per heavy atom. The number of nitrogens with one attached hydrogen (secondary N) is 1. The molecule has 4 nitrogen and oxygen atoms in total. The summed E-state index contributed by atoms with van der Waals surface area (Å²) in [6.45, 7) is 4.57. The number of amides is 2. The molecule has 2 atom stereocenters. The average molecular weight is 228 g/mol. The van der Waals surface area contributed by atoms with Crippen molar-refractivity contribution in [3.05, 3.63) is 0 Å². The van der Waals surface area contributed by atoms with Crippen molar-refractivity contribution in [2.45, 2.75) is 37.6 Å². The maximum atomic E-state index is 11.8. The first-order chi connectivity index (χ1) is 7.08. The van der Waals surface area contributed by atoms with E-state index >= 15 is 0 Å². The highest BCUT2D eigenvalue weighted by Gasteiger charge is 2.52. The molecule has 0 aromatic carbocycles. The summed E-state index contributed by atoms with van der Waals surface area (Å²) in [4.78, 5) is 25.1. The van der Waals surface area contributed by atoms with Crippen molar-refractivity contribution in [3.63, 3.8) is 0 Å². The molecule has 2 rings (SSSR count).